The van der Waals surface area contributed by atoms with Crippen molar-refractivity contribution in [1.82, 2.24) is 0 Å². The molecular formula is C14H21NO. The Bertz CT molecular complexity index is 373. The molecule has 0 fully saturated rings. The highest BCUT2D eigenvalue weighted by atomic mass is 16.3. The quantitative estimate of drug-likeness (QED) is 0.844. The Morgan fingerprint density at radius 2 is 2.06 bits per heavy atom. The maximum atomic E-state index is 9.20. The Kier molecular flexibility index (Phi) is 3.20. The van der Waals surface area contributed by atoms with Crippen LogP contribution in [-0.2, 0) is 6.42 Å². The molecule has 88 valence electrons. The Labute approximate surface area is 97.9 Å². The lowest BCUT2D eigenvalue weighted by Crippen LogP contribution is -2.28. The zero-order chi connectivity index (χ0) is 11.7. The molecule has 0 spiro atoms. The molecule has 0 radical (unpaired) electrons. The largest absolute Gasteiger partial charge is 0.396 e. The molecule has 0 bridgehead atoms. The summed E-state index contributed by atoms with van der Waals surface area (Å²) in [5.74, 6) is 0.236. The van der Waals surface area contributed by atoms with Gasteiger partial charge in [0.1, 0.15) is 0 Å². The molecule has 1 heterocycles. The number of rotatable bonds is 3. The van der Waals surface area contributed by atoms with Crippen LogP contribution < -0.4 is 4.90 Å². The van der Waals surface area contributed by atoms with Crippen molar-refractivity contribution in [1.29, 1.82) is 0 Å². The van der Waals surface area contributed by atoms with Crippen LogP contribution in [0.5, 0.6) is 0 Å². The van der Waals surface area contributed by atoms with Crippen LogP contribution in [0.4, 0.5) is 5.69 Å². The fourth-order valence-electron chi connectivity index (χ4n) is 2.37. The third-order valence-electron chi connectivity index (χ3n) is 3.51. The molecule has 0 saturated heterocycles. The molecule has 1 atom stereocenters. The van der Waals surface area contributed by atoms with Gasteiger partial charge in [0.05, 0.1) is 0 Å². The molecule has 1 unspecified atom stereocenters. The van der Waals surface area contributed by atoms with Crippen LogP contribution in [0, 0.1) is 0 Å². The second-order valence-corrected chi connectivity index (χ2v) is 5.01. The predicted molar refractivity (Wildman–Crippen MR) is 68.1 cm³/mol. The maximum Gasteiger partial charge on any atom is 0.0497 e. The normalized spacial score (nSPS) is 16.7. The van der Waals surface area contributed by atoms with E-state index in [9.17, 15) is 5.11 Å². The van der Waals surface area contributed by atoms with Gasteiger partial charge in [-0.3, -0.25) is 0 Å². The summed E-state index contributed by atoms with van der Waals surface area (Å²) in [6.07, 6.45) is 1.15. The zero-order valence-corrected chi connectivity index (χ0v) is 10.4. The van der Waals surface area contributed by atoms with E-state index in [0.29, 0.717) is 6.04 Å². The van der Waals surface area contributed by atoms with Crippen LogP contribution >= 0.6 is 0 Å². The first-order valence-corrected chi connectivity index (χ1v) is 6.13. The van der Waals surface area contributed by atoms with Crippen molar-refractivity contribution < 1.29 is 5.11 Å². The number of aliphatic hydroxyl groups is 1. The van der Waals surface area contributed by atoms with E-state index in [1.165, 1.54) is 16.8 Å². The average Bonchev–Trinajstić information content (AvgIpc) is 2.70. The topological polar surface area (TPSA) is 23.5 Å². The molecule has 1 N–H and O–H groups in total. The Hall–Kier alpha value is -1.02. The van der Waals surface area contributed by atoms with E-state index in [-0.39, 0.29) is 12.5 Å². The number of fused-ring (bicyclic) bond motifs is 1. The van der Waals surface area contributed by atoms with Crippen LogP contribution in [0.2, 0.25) is 0 Å². The molecule has 0 aromatic heterocycles. The fourth-order valence-corrected chi connectivity index (χ4v) is 2.37. The minimum Gasteiger partial charge on any atom is -0.396 e. The molecule has 0 aliphatic carbocycles. The first-order chi connectivity index (χ1) is 7.63. The minimum absolute atomic E-state index is 0.223. The monoisotopic (exact) mass is 219 g/mol. The van der Waals surface area contributed by atoms with E-state index in [0.717, 1.165) is 13.0 Å². The van der Waals surface area contributed by atoms with Crippen LogP contribution in [0.1, 0.15) is 37.8 Å². The van der Waals surface area contributed by atoms with Gasteiger partial charge in [-0.15, -0.1) is 0 Å². The Morgan fingerprint density at radius 1 is 1.31 bits per heavy atom. The van der Waals surface area contributed by atoms with Crippen molar-refractivity contribution in [2.45, 2.75) is 39.2 Å². The van der Waals surface area contributed by atoms with Crippen LogP contribution in [0.3, 0.4) is 0 Å². The predicted octanol–water partition coefficient (Wildman–Crippen LogP) is 2.55. The summed E-state index contributed by atoms with van der Waals surface area (Å²) >= 11 is 0. The lowest BCUT2D eigenvalue weighted by atomic mass is 9.99. The smallest absolute Gasteiger partial charge is 0.0497 e. The second-order valence-electron chi connectivity index (χ2n) is 5.01. The van der Waals surface area contributed by atoms with Gasteiger partial charge in [-0.25, -0.2) is 0 Å². The Morgan fingerprint density at radius 3 is 2.69 bits per heavy atom. The van der Waals surface area contributed by atoms with Gasteiger partial charge in [0.15, 0.2) is 0 Å². The molecule has 0 saturated carbocycles. The van der Waals surface area contributed by atoms with E-state index < -0.39 is 0 Å². The highest BCUT2D eigenvalue weighted by molar-refractivity contribution is 5.60. The summed E-state index contributed by atoms with van der Waals surface area (Å²) in [6, 6.07) is 7.19. The maximum absolute atomic E-state index is 9.20. The fraction of sp³-hybridized carbons (Fsp3) is 0.571. The molecular weight excluding hydrogens is 198 g/mol. The van der Waals surface area contributed by atoms with Crippen LogP contribution in [0.15, 0.2) is 18.2 Å². The zero-order valence-electron chi connectivity index (χ0n) is 10.4. The summed E-state index contributed by atoms with van der Waals surface area (Å²) in [5, 5.41) is 9.20. The minimum atomic E-state index is 0.223. The SMILES string of the molecule is CC(CO)c1ccc2c(c1)N(C(C)C)CC2. The number of anilines is 1. The van der Waals surface area contributed by atoms with E-state index in [4.69, 9.17) is 0 Å². The van der Waals surface area contributed by atoms with Gasteiger partial charge < -0.3 is 10.0 Å². The van der Waals surface area contributed by atoms with Gasteiger partial charge in [-0.05, 0) is 37.5 Å². The lowest BCUT2D eigenvalue weighted by Gasteiger charge is -2.24. The molecule has 1 aliphatic heterocycles. The summed E-state index contributed by atoms with van der Waals surface area (Å²) < 4.78 is 0. The third-order valence-corrected chi connectivity index (χ3v) is 3.51. The first kappa shape index (κ1) is 11.5. The third kappa shape index (κ3) is 1.94. The summed E-state index contributed by atoms with van der Waals surface area (Å²) in [6.45, 7) is 7.88. The van der Waals surface area contributed by atoms with Crippen LogP contribution in [-0.4, -0.2) is 24.3 Å². The van der Waals surface area contributed by atoms with Gasteiger partial charge in [0, 0.05) is 30.8 Å². The summed E-state index contributed by atoms with van der Waals surface area (Å²) in [5.41, 5.74) is 4.06. The molecule has 2 heteroatoms. The van der Waals surface area contributed by atoms with Gasteiger partial charge in [-0.2, -0.15) is 0 Å². The van der Waals surface area contributed by atoms with Gasteiger partial charge in [0.25, 0.3) is 0 Å². The number of nitrogens with zero attached hydrogens (tertiary/aromatic N) is 1. The van der Waals surface area contributed by atoms with E-state index in [1.54, 1.807) is 0 Å². The second kappa shape index (κ2) is 4.46. The van der Waals surface area contributed by atoms with Gasteiger partial charge in [-0.1, -0.05) is 19.1 Å². The van der Waals surface area contributed by atoms with Crippen molar-refractivity contribution in [3.8, 4) is 0 Å². The lowest BCUT2D eigenvalue weighted by molar-refractivity contribution is 0.273. The molecule has 0 amide bonds. The van der Waals surface area contributed by atoms with Crippen molar-refractivity contribution in [2.24, 2.45) is 0 Å². The molecule has 1 aromatic rings. The summed E-state index contributed by atoms with van der Waals surface area (Å²) in [4.78, 5) is 2.45. The molecule has 2 rings (SSSR count). The highest BCUT2D eigenvalue weighted by Crippen LogP contribution is 2.32. The Balaban J connectivity index is 2.33. The number of benzene rings is 1. The van der Waals surface area contributed by atoms with Crippen molar-refractivity contribution in [2.75, 3.05) is 18.1 Å². The summed E-state index contributed by atoms with van der Waals surface area (Å²) in [7, 11) is 0. The molecule has 1 aliphatic rings. The standard InChI is InChI=1S/C14H21NO/c1-10(2)15-7-6-12-4-5-13(8-14(12)15)11(3)9-16/h4-5,8,10-11,16H,6-7,9H2,1-3H3. The van der Waals surface area contributed by atoms with Crippen LogP contribution in [0.25, 0.3) is 0 Å². The number of hydrogen-bond acceptors (Lipinski definition) is 2. The molecule has 16 heavy (non-hydrogen) atoms. The van der Waals surface area contributed by atoms with E-state index >= 15 is 0 Å². The average molecular weight is 219 g/mol. The number of aliphatic hydroxyl groups excluding tert-OH is 1. The number of hydrogen-bond donors (Lipinski definition) is 1. The van der Waals surface area contributed by atoms with Crippen molar-refractivity contribution in [3.63, 3.8) is 0 Å². The van der Waals surface area contributed by atoms with Crippen molar-refractivity contribution >= 4 is 5.69 Å². The van der Waals surface area contributed by atoms with E-state index in [2.05, 4.69) is 43.9 Å². The van der Waals surface area contributed by atoms with Crippen molar-refractivity contribution in [3.05, 3.63) is 29.3 Å². The molecule has 1 aromatic carbocycles. The molecule has 2 nitrogen and oxygen atoms in total. The van der Waals surface area contributed by atoms with Gasteiger partial charge >= 0.3 is 0 Å². The first-order valence-electron chi connectivity index (χ1n) is 6.13. The van der Waals surface area contributed by atoms with E-state index in [1.807, 2.05) is 0 Å². The highest BCUT2D eigenvalue weighted by Gasteiger charge is 2.21. The van der Waals surface area contributed by atoms with Gasteiger partial charge in [0.2, 0.25) is 0 Å².